The summed E-state index contributed by atoms with van der Waals surface area (Å²) in [6.45, 7) is 7.48. The monoisotopic (exact) mass is 302 g/mol. The molecule has 1 aromatic carbocycles. The summed E-state index contributed by atoms with van der Waals surface area (Å²) in [7, 11) is 0. The molecule has 2 fully saturated rings. The number of fused-ring (bicyclic) bond motifs is 2. The molecular weight excluding hydrogens is 276 g/mol. The molecule has 2 aliphatic heterocycles. The largest absolute Gasteiger partial charge is 0.371 e. The maximum absolute atomic E-state index is 12.5. The van der Waals surface area contributed by atoms with Gasteiger partial charge in [0.15, 0.2) is 0 Å². The average Bonchev–Trinajstić information content (AvgIpc) is 2.81. The SMILES string of the molecule is CC(C)CCN1C[C@@H]2C[C@H](C(=O)Nc3ccccc3)[C@H](C1)O2. The van der Waals surface area contributed by atoms with Gasteiger partial charge in [0.25, 0.3) is 0 Å². The van der Waals surface area contributed by atoms with Crippen LogP contribution in [0.5, 0.6) is 0 Å². The number of nitrogens with one attached hydrogen (secondary N) is 1. The minimum atomic E-state index is -0.0192. The quantitative estimate of drug-likeness (QED) is 0.909. The first-order valence-corrected chi connectivity index (χ1v) is 8.35. The molecule has 1 amide bonds. The van der Waals surface area contributed by atoms with Gasteiger partial charge in [-0.15, -0.1) is 0 Å². The molecule has 0 unspecified atom stereocenters. The Morgan fingerprint density at radius 3 is 2.82 bits per heavy atom. The molecule has 0 spiro atoms. The van der Waals surface area contributed by atoms with Crippen LogP contribution in [0.15, 0.2) is 30.3 Å². The highest BCUT2D eigenvalue weighted by molar-refractivity contribution is 5.93. The third kappa shape index (κ3) is 3.68. The van der Waals surface area contributed by atoms with Crippen molar-refractivity contribution in [3.63, 3.8) is 0 Å². The van der Waals surface area contributed by atoms with E-state index in [-0.39, 0.29) is 24.0 Å². The Labute approximate surface area is 132 Å². The molecule has 22 heavy (non-hydrogen) atoms. The number of carbonyl (C=O) groups is 1. The molecule has 2 aliphatic rings. The fourth-order valence-corrected chi connectivity index (χ4v) is 3.39. The van der Waals surface area contributed by atoms with E-state index in [1.807, 2.05) is 30.3 Å². The van der Waals surface area contributed by atoms with E-state index in [1.165, 1.54) is 6.42 Å². The Kier molecular flexibility index (Phi) is 4.79. The van der Waals surface area contributed by atoms with Gasteiger partial charge in [0.1, 0.15) is 0 Å². The molecule has 4 nitrogen and oxygen atoms in total. The van der Waals surface area contributed by atoms with Gasteiger partial charge in [-0.25, -0.2) is 0 Å². The normalized spacial score (nSPS) is 28.0. The fraction of sp³-hybridized carbons (Fsp3) is 0.611. The number of ether oxygens (including phenoxy) is 1. The highest BCUT2D eigenvalue weighted by atomic mass is 16.5. The van der Waals surface area contributed by atoms with Gasteiger partial charge < -0.3 is 10.1 Å². The van der Waals surface area contributed by atoms with Crippen molar-refractivity contribution in [3.8, 4) is 0 Å². The lowest BCUT2D eigenvalue weighted by atomic mass is 9.99. The van der Waals surface area contributed by atoms with Crippen LogP contribution in [-0.2, 0) is 9.53 Å². The Morgan fingerprint density at radius 1 is 1.32 bits per heavy atom. The van der Waals surface area contributed by atoms with Crippen molar-refractivity contribution in [2.45, 2.75) is 38.9 Å². The second kappa shape index (κ2) is 6.80. The third-order valence-electron chi connectivity index (χ3n) is 4.63. The van der Waals surface area contributed by atoms with Crippen LogP contribution < -0.4 is 5.32 Å². The predicted molar refractivity (Wildman–Crippen MR) is 87.7 cm³/mol. The number of benzene rings is 1. The summed E-state index contributed by atoms with van der Waals surface area (Å²) in [5.41, 5.74) is 0.866. The van der Waals surface area contributed by atoms with E-state index >= 15 is 0 Å². The zero-order valence-electron chi connectivity index (χ0n) is 13.5. The molecular formula is C18H26N2O2. The Morgan fingerprint density at radius 2 is 2.09 bits per heavy atom. The van der Waals surface area contributed by atoms with E-state index in [0.717, 1.165) is 37.7 Å². The highest BCUT2D eigenvalue weighted by Crippen LogP contribution is 2.33. The first-order chi connectivity index (χ1) is 10.6. The van der Waals surface area contributed by atoms with Crippen molar-refractivity contribution in [3.05, 3.63) is 30.3 Å². The summed E-state index contributed by atoms with van der Waals surface area (Å²) in [6.07, 6.45) is 2.33. The van der Waals surface area contributed by atoms with Gasteiger partial charge in [0, 0.05) is 18.8 Å². The molecule has 1 aromatic rings. The van der Waals surface area contributed by atoms with Gasteiger partial charge in [-0.1, -0.05) is 32.0 Å². The van der Waals surface area contributed by atoms with Crippen molar-refractivity contribution >= 4 is 11.6 Å². The van der Waals surface area contributed by atoms with Crippen LogP contribution in [0.3, 0.4) is 0 Å². The maximum Gasteiger partial charge on any atom is 0.230 e. The van der Waals surface area contributed by atoms with Crippen LogP contribution in [0.25, 0.3) is 0 Å². The third-order valence-corrected chi connectivity index (χ3v) is 4.63. The maximum atomic E-state index is 12.5. The second-order valence-electron chi connectivity index (χ2n) is 6.94. The number of hydrogen-bond donors (Lipinski definition) is 1. The minimum absolute atomic E-state index is 0.0192. The van der Waals surface area contributed by atoms with Gasteiger partial charge in [-0.3, -0.25) is 9.69 Å². The van der Waals surface area contributed by atoms with Crippen molar-refractivity contribution in [1.29, 1.82) is 0 Å². The highest BCUT2D eigenvalue weighted by Gasteiger charge is 2.44. The van der Waals surface area contributed by atoms with E-state index in [9.17, 15) is 4.79 Å². The number of nitrogens with zero attached hydrogens (tertiary/aromatic N) is 1. The lowest BCUT2D eigenvalue weighted by Gasteiger charge is -2.33. The zero-order chi connectivity index (χ0) is 15.5. The molecule has 0 saturated carbocycles. The summed E-state index contributed by atoms with van der Waals surface area (Å²) in [5, 5.41) is 3.02. The average molecular weight is 302 g/mol. The van der Waals surface area contributed by atoms with E-state index < -0.39 is 0 Å². The molecule has 0 aliphatic carbocycles. The lowest BCUT2D eigenvalue weighted by Crippen LogP contribution is -2.45. The van der Waals surface area contributed by atoms with Gasteiger partial charge >= 0.3 is 0 Å². The predicted octanol–water partition coefficient (Wildman–Crippen LogP) is 2.76. The van der Waals surface area contributed by atoms with Crippen LogP contribution in [0.1, 0.15) is 26.7 Å². The molecule has 2 saturated heterocycles. The summed E-state index contributed by atoms with van der Waals surface area (Å²) in [4.78, 5) is 15.0. The molecule has 120 valence electrons. The Balaban J connectivity index is 1.57. The Hall–Kier alpha value is -1.39. The van der Waals surface area contributed by atoms with Crippen LogP contribution >= 0.6 is 0 Å². The standard InChI is InChI=1S/C18H26N2O2/c1-13(2)8-9-20-11-15-10-16(17(12-20)22-15)18(21)19-14-6-4-3-5-7-14/h3-7,13,15-17H,8-12H2,1-2H3,(H,19,21)/t15-,16-,17-/m0/s1. The number of likely N-dealkylation sites (tertiary alicyclic amines) is 1. The summed E-state index contributed by atoms with van der Waals surface area (Å²) in [5.74, 6) is 0.802. The summed E-state index contributed by atoms with van der Waals surface area (Å²) >= 11 is 0. The minimum Gasteiger partial charge on any atom is -0.371 e. The first-order valence-electron chi connectivity index (χ1n) is 8.35. The van der Waals surface area contributed by atoms with Crippen molar-refractivity contribution in [2.75, 3.05) is 25.0 Å². The molecule has 4 heteroatoms. The number of para-hydroxylation sites is 1. The number of rotatable bonds is 5. The van der Waals surface area contributed by atoms with Gasteiger partial charge in [-0.05, 0) is 37.4 Å². The van der Waals surface area contributed by atoms with E-state index in [0.29, 0.717) is 0 Å². The number of morpholine rings is 1. The van der Waals surface area contributed by atoms with Crippen molar-refractivity contribution in [1.82, 2.24) is 4.90 Å². The topological polar surface area (TPSA) is 41.6 Å². The smallest absolute Gasteiger partial charge is 0.230 e. The van der Waals surface area contributed by atoms with Crippen molar-refractivity contribution < 1.29 is 9.53 Å². The molecule has 2 heterocycles. The molecule has 2 bridgehead atoms. The first kappa shape index (κ1) is 15.5. The fourth-order valence-electron chi connectivity index (χ4n) is 3.39. The molecule has 0 aromatic heterocycles. The van der Waals surface area contributed by atoms with Crippen LogP contribution in [0.4, 0.5) is 5.69 Å². The number of carbonyl (C=O) groups excluding carboxylic acids is 1. The van der Waals surface area contributed by atoms with E-state index in [2.05, 4.69) is 24.1 Å². The summed E-state index contributed by atoms with van der Waals surface area (Å²) in [6, 6.07) is 9.68. The Bertz CT molecular complexity index is 503. The molecule has 0 radical (unpaired) electrons. The number of anilines is 1. The summed E-state index contributed by atoms with van der Waals surface area (Å²) < 4.78 is 6.00. The van der Waals surface area contributed by atoms with Gasteiger partial charge in [0.05, 0.1) is 18.1 Å². The number of amides is 1. The molecule has 3 atom stereocenters. The number of hydrogen-bond acceptors (Lipinski definition) is 3. The van der Waals surface area contributed by atoms with Crippen LogP contribution in [0.2, 0.25) is 0 Å². The van der Waals surface area contributed by atoms with Crippen LogP contribution in [-0.4, -0.2) is 42.6 Å². The van der Waals surface area contributed by atoms with E-state index in [1.54, 1.807) is 0 Å². The van der Waals surface area contributed by atoms with Gasteiger partial charge in [0.2, 0.25) is 5.91 Å². The second-order valence-corrected chi connectivity index (χ2v) is 6.94. The van der Waals surface area contributed by atoms with E-state index in [4.69, 9.17) is 4.74 Å². The lowest BCUT2D eigenvalue weighted by molar-refractivity contribution is -0.122. The van der Waals surface area contributed by atoms with Gasteiger partial charge in [-0.2, -0.15) is 0 Å². The molecule has 1 N–H and O–H groups in total. The van der Waals surface area contributed by atoms with Crippen LogP contribution in [0, 0.1) is 11.8 Å². The van der Waals surface area contributed by atoms with Crippen molar-refractivity contribution in [2.24, 2.45) is 11.8 Å². The molecule has 3 rings (SSSR count). The zero-order valence-corrected chi connectivity index (χ0v) is 13.5.